The summed E-state index contributed by atoms with van der Waals surface area (Å²) in [5, 5.41) is 0. The second kappa shape index (κ2) is 6.22. The Morgan fingerprint density at radius 2 is 0.926 bits per heavy atom. The van der Waals surface area contributed by atoms with Crippen molar-refractivity contribution in [3.63, 3.8) is 0 Å². The molecular weight excluding hydrogens is 421 g/mol. The molecule has 15 heteroatoms. The van der Waals surface area contributed by atoms with Gasteiger partial charge in [-0.2, -0.15) is 57.1 Å². The topological polar surface area (TPSA) is 35.2 Å². The van der Waals surface area contributed by atoms with E-state index < -0.39 is 41.7 Å². The van der Waals surface area contributed by atoms with Crippen LogP contribution in [0.25, 0.3) is 0 Å². The van der Waals surface area contributed by atoms with E-state index in [-0.39, 0.29) is 5.69 Å². The van der Waals surface area contributed by atoms with Crippen LogP contribution >= 0.6 is 0 Å². The molecule has 0 amide bonds. The van der Waals surface area contributed by atoms with E-state index in [1.54, 1.807) is 0 Å². The minimum Gasteiger partial charge on any atom is -0.428 e. The van der Waals surface area contributed by atoms with Gasteiger partial charge in [-0.25, -0.2) is 0 Å². The number of anilines is 1. The van der Waals surface area contributed by atoms with Gasteiger partial charge in [-0.1, -0.05) is 0 Å². The fourth-order valence-corrected chi connectivity index (χ4v) is 1.50. The first-order chi connectivity index (χ1) is 11.7. The van der Waals surface area contributed by atoms with Crippen LogP contribution < -0.4 is 10.5 Å². The van der Waals surface area contributed by atoms with Gasteiger partial charge in [0.15, 0.2) is 0 Å². The van der Waals surface area contributed by atoms with Gasteiger partial charge in [0.05, 0.1) is 0 Å². The standard InChI is InChI=1S/C12H6F13NO/c13-7(14,9(17,18)11(21,22)23)8(15,16)10(19,20)12(24,25)27-6-3-1-5(26)2-4-6/h1-4H,26H2. The van der Waals surface area contributed by atoms with Crippen molar-refractivity contribution < 1.29 is 61.8 Å². The first kappa shape index (κ1) is 23.0. The Balaban J connectivity index is 3.38. The molecule has 0 aliphatic carbocycles. The molecule has 0 atom stereocenters. The predicted molar refractivity (Wildman–Crippen MR) is 62.3 cm³/mol. The lowest BCUT2D eigenvalue weighted by molar-refractivity contribution is -0.456. The maximum Gasteiger partial charge on any atom is 0.471 e. The maximum absolute atomic E-state index is 13.4. The highest BCUT2D eigenvalue weighted by Gasteiger charge is 2.91. The third kappa shape index (κ3) is 3.42. The minimum absolute atomic E-state index is 0.167. The summed E-state index contributed by atoms with van der Waals surface area (Å²) in [6.45, 7) is 0. The van der Waals surface area contributed by atoms with Crippen LogP contribution in [0, 0.1) is 0 Å². The normalized spacial score (nSPS) is 15.0. The van der Waals surface area contributed by atoms with E-state index in [4.69, 9.17) is 5.73 Å². The highest BCUT2D eigenvalue weighted by Crippen LogP contribution is 2.60. The van der Waals surface area contributed by atoms with Gasteiger partial charge in [0.2, 0.25) is 0 Å². The van der Waals surface area contributed by atoms with Crippen molar-refractivity contribution in [1.82, 2.24) is 0 Å². The minimum atomic E-state index is -7.96. The third-order valence-electron chi connectivity index (χ3n) is 3.03. The Morgan fingerprint density at radius 3 is 1.30 bits per heavy atom. The van der Waals surface area contributed by atoms with Crippen LogP contribution in [-0.2, 0) is 0 Å². The molecule has 0 unspecified atom stereocenters. The van der Waals surface area contributed by atoms with Crippen molar-refractivity contribution in [3.05, 3.63) is 24.3 Å². The van der Waals surface area contributed by atoms with E-state index in [0.29, 0.717) is 24.3 Å². The molecule has 0 aliphatic rings. The molecule has 1 aromatic carbocycles. The molecule has 0 saturated heterocycles. The van der Waals surface area contributed by atoms with Crippen molar-refractivity contribution in [1.29, 1.82) is 0 Å². The van der Waals surface area contributed by atoms with Gasteiger partial charge >= 0.3 is 36.0 Å². The van der Waals surface area contributed by atoms with Crippen LogP contribution in [0.3, 0.4) is 0 Å². The molecule has 0 saturated carbocycles. The number of halogens is 13. The molecule has 2 nitrogen and oxygen atoms in total. The summed E-state index contributed by atoms with van der Waals surface area (Å²) < 4.78 is 170. The molecule has 0 radical (unpaired) electrons. The monoisotopic (exact) mass is 427 g/mol. The highest BCUT2D eigenvalue weighted by molar-refractivity contribution is 5.41. The van der Waals surface area contributed by atoms with Crippen LogP contribution in [0.2, 0.25) is 0 Å². The lowest BCUT2D eigenvalue weighted by atomic mass is 9.97. The molecule has 2 N–H and O–H groups in total. The first-order valence-corrected chi connectivity index (χ1v) is 6.23. The summed E-state index contributed by atoms with van der Waals surface area (Å²) in [6.07, 6.45) is -14.1. The lowest BCUT2D eigenvalue weighted by Crippen LogP contribution is -2.70. The molecule has 156 valence electrons. The zero-order valence-corrected chi connectivity index (χ0v) is 12.2. The van der Waals surface area contributed by atoms with Crippen molar-refractivity contribution >= 4 is 5.69 Å². The van der Waals surface area contributed by atoms with Crippen LogP contribution in [0.4, 0.5) is 62.8 Å². The van der Waals surface area contributed by atoms with Crippen LogP contribution in [0.5, 0.6) is 5.75 Å². The van der Waals surface area contributed by atoms with E-state index in [1.807, 2.05) is 0 Å². The van der Waals surface area contributed by atoms with E-state index >= 15 is 0 Å². The zero-order chi connectivity index (χ0) is 21.7. The van der Waals surface area contributed by atoms with Gasteiger partial charge < -0.3 is 10.5 Å². The molecule has 0 fully saturated rings. The van der Waals surface area contributed by atoms with E-state index in [2.05, 4.69) is 4.74 Å². The molecule has 1 aromatic rings. The smallest absolute Gasteiger partial charge is 0.428 e. The van der Waals surface area contributed by atoms with Crippen molar-refractivity contribution in [2.45, 2.75) is 36.0 Å². The van der Waals surface area contributed by atoms with Gasteiger partial charge in [0, 0.05) is 5.69 Å². The summed E-state index contributed by atoms with van der Waals surface area (Å²) >= 11 is 0. The average molecular weight is 427 g/mol. The van der Waals surface area contributed by atoms with E-state index in [1.165, 1.54) is 0 Å². The summed E-state index contributed by atoms with van der Waals surface area (Å²) in [5.74, 6) is -32.5. The zero-order valence-electron chi connectivity index (χ0n) is 12.2. The summed E-state index contributed by atoms with van der Waals surface area (Å²) in [4.78, 5) is 0. The van der Waals surface area contributed by atoms with Gasteiger partial charge in [0.25, 0.3) is 0 Å². The predicted octanol–water partition coefficient (Wildman–Crippen LogP) is 5.34. The summed E-state index contributed by atoms with van der Waals surface area (Å²) in [5.41, 5.74) is 4.92. The fraction of sp³-hybridized carbons (Fsp3) is 0.500. The maximum atomic E-state index is 13.4. The molecular formula is C12H6F13NO. The molecule has 0 aromatic heterocycles. The van der Waals surface area contributed by atoms with Gasteiger partial charge in [-0.3, -0.25) is 0 Å². The van der Waals surface area contributed by atoms with Crippen molar-refractivity contribution in [2.75, 3.05) is 5.73 Å². The quantitative estimate of drug-likeness (QED) is 0.491. The largest absolute Gasteiger partial charge is 0.471 e. The molecule has 0 bridgehead atoms. The molecule has 0 aliphatic heterocycles. The molecule has 0 spiro atoms. The number of nitrogens with two attached hydrogens (primary N) is 1. The Kier molecular flexibility index (Phi) is 5.29. The lowest BCUT2D eigenvalue weighted by Gasteiger charge is -2.39. The van der Waals surface area contributed by atoms with Crippen molar-refractivity contribution in [3.8, 4) is 5.75 Å². The number of rotatable bonds is 6. The van der Waals surface area contributed by atoms with Crippen LogP contribution in [0.15, 0.2) is 24.3 Å². The highest BCUT2D eigenvalue weighted by atomic mass is 19.4. The summed E-state index contributed by atoms with van der Waals surface area (Å²) in [7, 11) is 0. The molecule has 0 heterocycles. The second-order valence-electron chi connectivity index (χ2n) is 4.98. The number of ether oxygens (including phenoxy) is 1. The average Bonchev–Trinajstić information content (AvgIpc) is 2.47. The van der Waals surface area contributed by atoms with Gasteiger partial charge in [-0.15, -0.1) is 0 Å². The van der Waals surface area contributed by atoms with Gasteiger partial charge in [0.1, 0.15) is 5.75 Å². The number of hydrogen-bond acceptors (Lipinski definition) is 2. The second-order valence-corrected chi connectivity index (χ2v) is 4.98. The van der Waals surface area contributed by atoms with Gasteiger partial charge in [-0.05, 0) is 24.3 Å². The number of nitrogen functional groups attached to an aromatic ring is 1. The molecule has 27 heavy (non-hydrogen) atoms. The van der Waals surface area contributed by atoms with Crippen LogP contribution in [0.1, 0.15) is 0 Å². The SMILES string of the molecule is Nc1ccc(OC(F)(F)C(F)(F)C(F)(F)C(F)(F)C(F)(F)C(F)(F)F)cc1. The number of hydrogen-bond donors (Lipinski definition) is 1. The Bertz CT molecular complexity index is 665. The number of benzene rings is 1. The Hall–Kier alpha value is -2.09. The molecule has 1 rings (SSSR count). The van der Waals surface area contributed by atoms with Crippen LogP contribution in [-0.4, -0.2) is 36.0 Å². The first-order valence-electron chi connectivity index (χ1n) is 6.23. The van der Waals surface area contributed by atoms with E-state index in [0.717, 1.165) is 0 Å². The summed E-state index contributed by atoms with van der Waals surface area (Å²) in [6, 6.07) is 2.21. The Labute approximate surface area is 140 Å². The third-order valence-corrected chi connectivity index (χ3v) is 3.03. The van der Waals surface area contributed by atoms with Crippen molar-refractivity contribution in [2.24, 2.45) is 0 Å². The number of alkyl halides is 13. The van der Waals surface area contributed by atoms with E-state index in [9.17, 15) is 57.1 Å². The Morgan fingerprint density at radius 1 is 0.556 bits per heavy atom. The fourth-order valence-electron chi connectivity index (χ4n) is 1.50.